The minimum atomic E-state index is -0.326. The minimum Gasteiger partial charge on any atom is -0.367 e. The lowest BCUT2D eigenvalue weighted by molar-refractivity contribution is -0.122. The van der Waals surface area contributed by atoms with Crippen LogP contribution < -0.4 is 0 Å². The zero-order chi connectivity index (χ0) is 24.5. The highest BCUT2D eigenvalue weighted by molar-refractivity contribution is 5.99. The van der Waals surface area contributed by atoms with Gasteiger partial charge in [-0.2, -0.15) is 5.10 Å². The van der Waals surface area contributed by atoms with E-state index in [2.05, 4.69) is 34.7 Å². The predicted molar refractivity (Wildman–Crippen MR) is 135 cm³/mol. The van der Waals surface area contributed by atoms with Crippen LogP contribution in [0.25, 0.3) is 11.1 Å². The van der Waals surface area contributed by atoms with Gasteiger partial charge in [0.05, 0.1) is 34.5 Å². The van der Waals surface area contributed by atoms with Gasteiger partial charge in [-0.25, -0.2) is 8.91 Å². The number of aromatic nitrogens is 3. The molecule has 0 saturated carbocycles. The Bertz CT molecular complexity index is 1300. The molecule has 2 aromatic heterocycles. The number of piperazine rings is 1. The van der Waals surface area contributed by atoms with Crippen LogP contribution in [0, 0.1) is 6.92 Å². The van der Waals surface area contributed by atoms with Gasteiger partial charge >= 0.3 is 0 Å². The van der Waals surface area contributed by atoms with Gasteiger partial charge in [0.2, 0.25) is 0 Å². The molecular formula is C27H31FN6O. The third kappa shape index (κ3) is 4.58. The first-order valence-corrected chi connectivity index (χ1v) is 12.2. The highest BCUT2D eigenvalue weighted by Crippen LogP contribution is 2.26. The number of alkyl halides is 1. The van der Waals surface area contributed by atoms with E-state index in [4.69, 9.17) is 5.10 Å². The standard InChI is InChI=1S/C27H31FN6O/c1-4-24-26-15-25(30-34(26)16-19(2)29-24)21-6-5-7-22-8-9-23(18-33(22)27(35)14-21)32-13-12-31(11-10-28)20(3)17-32/h5-9,14-16,18,20H,4,10-13,17H2,1-3H3/b6-5+,21-14+,22-7+/t20-/m1/s1. The molecule has 182 valence electrons. The second kappa shape index (κ2) is 9.62. The number of rotatable bonds is 5. The zero-order valence-electron chi connectivity index (χ0n) is 20.5. The van der Waals surface area contributed by atoms with Crippen LogP contribution >= 0.6 is 0 Å². The van der Waals surface area contributed by atoms with Gasteiger partial charge in [0.25, 0.3) is 5.91 Å². The van der Waals surface area contributed by atoms with Crippen LogP contribution in [0.3, 0.4) is 0 Å². The summed E-state index contributed by atoms with van der Waals surface area (Å²) in [6, 6.07) is 2.25. The second-order valence-electron chi connectivity index (χ2n) is 9.21. The molecule has 1 atom stereocenters. The minimum absolute atomic E-state index is 0.122. The topological polar surface area (TPSA) is 57.0 Å². The number of allylic oxidation sites excluding steroid dienone is 6. The Labute approximate surface area is 205 Å². The predicted octanol–water partition coefficient (Wildman–Crippen LogP) is 3.65. The molecule has 1 amide bonds. The lowest BCUT2D eigenvalue weighted by Gasteiger charge is -2.42. The SMILES string of the molecule is CCc1nc(C)cn2nc(C3=C\C(=O)N4C=C(N5CCN(CCF)[C@H](C)C5)C=C\C4=C/C=C/3)cc12. The maximum Gasteiger partial charge on any atom is 0.255 e. The van der Waals surface area contributed by atoms with Crippen LogP contribution in [-0.2, 0) is 11.2 Å². The van der Waals surface area contributed by atoms with Gasteiger partial charge in [-0.1, -0.05) is 19.1 Å². The Balaban J connectivity index is 1.42. The maximum atomic E-state index is 13.4. The van der Waals surface area contributed by atoms with E-state index in [-0.39, 0.29) is 18.6 Å². The van der Waals surface area contributed by atoms with Crippen molar-refractivity contribution in [2.75, 3.05) is 32.9 Å². The number of amides is 1. The van der Waals surface area contributed by atoms with Crippen molar-refractivity contribution in [3.8, 4) is 0 Å². The van der Waals surface area contributed by atoms with Gasteiger partial charge < -0.3 is 4.90 Å². The maximum absolute atomic E-state index is 13.4. The fourth-order valence-electron chi connectivity index (χ4n) is 4.93. The summed E-state index contributed by atoms with van der Waals surface area (Å²) >= 11 is 0. The van der Waals surface area contributed by atoms with Crippen molar-refractivity contribution in [3.05, 3.63) is 83.4 Å². The number of carbonyl (C=O) groups excluding carboxylic acids is 1. The van der Waals surface area contributed by atoms with Crippen LogP contribution in [0.15, 0.2) is 66.3 Å². The Morgan fingerprint density at radius 1 is 1.17 bits per heavy atom. The first-order chi connectivity index (χ1) is 17.0. The molecule has 0 aliphatic carbocycles. The van der Waals surface area contributed by atoms with Crippen molar-refractivity contribution in [1.82, 2.24) is 29.3 Å². The van der Waals surface area contributed by atoms with E-state index < -0.39 is 0 Å². The van der Waals surface area contributed by atoms with Crippen molar-refractivity contribution < 1.29 is 9.18 Å². The van der Waals surface area contributed by atoms with Gasteiger partial charge in [-0.3, -0.25) is 19.6 Å². The third-order valence-corrected chi connectivity index (χ3v) is 6.81. The quantitative estimate of drug-likeness (QED) is 0.662. The molecule has 3 aliphatic heterocycles. The second-order valence-corrected chi connectivity index (χ2v) is 9.21. The summed E-state index contributed by atoms with van der Waals surface area (Å²) in [5, 5.41) is 4.73. The number of carbonyl (C=O) groups is 1. The molecule has 0 N–H and O–H groups in total. The summed E-state index contributed by atoms with van der Waals surface area (Å²) in [5.41, 5.74) is 6.16. The Hall–Kier alpha value is -3.52. The van der Waals surface area contributed by atoms with Gasteiger partial charge in [0, 0.05) is 55.8 Å². The van der Waals surface area contributed by atoms with Crippen LogP contribution in [0.5, 0.6) is 0 Å². The molecule has 5 heterocycles. The van der Waals surface area contributed by atoms with E-state index in [1.807, 2.05) is 54.2 Å². The molecule has 35 heavy (non-hydrogen) atoms. The molecule has 7 nitrogen and oxygen atoms in total. The van der Waals surface area contributed by atoms with E-state index in [0.717, 1.165) is 65.6 Å². The lowest BCUT2D eigenvalue weighted by Crippen LogP contribution is -2.52. The van der Waals surface area contributed by atoms with Gasteiger partial charge in [-0.15, -0.1) is 0 Å². The first kappa shape index (κ1) is 23.2. The average Bonchev–Trinajstić information content (AvgIpc) is 3.27. The molecule has 0 unspecified atom stereocenters. The molecule has 1 fully saturated rings. The zero-order valence-corrected chi connectivity index (χ0v) is 20.5. The molecule has 8 heteroatoms. The van der Waals surface area contributed by atoms with Crippen molar-refractivity contribution in [2.45, 2.75) is 33.2 Å². The molecule has 5 rings (SSSR count). The molecule has 2 aromatic rings. The molecule has 3 aliphatic rings. The third-order valence-electron chi connectivity index (χ3n) is 6.81. The van der Waals surface area contributed by atoms with Crippen LogP contribution in [0.4, 0.5) is 4.39 Å². The number of halogens is 1. The van der Waals surface area contributed by atoms with Crippen molar-refractivity contribution in [1.29, 1.82) is 0 Å². The van der Waals surface area contributed by atoms with E-state index in [1.54, 1.807) is 11.0 Å². The van der Waals surface area contributed by atoms with Crippen LogP contribution in [-0.4, -0.2) is 74.1 Å². The van der Waals surface area contributed by atoms with Gasteiger partial charge in [0.15, 0.2) is 0 Å². The molecule has 1 saturated heterocycles. The number of fused-ring (bicyclic) bond motifs is 2. The first-order valence-electron chi connectivity index (χ1n) is 12.2. The summed E-state index contributed by atoms with van der Waals surface area (Å²) in [6.07, 6.45) is 16.1. The van der Waals surface area contributed by atoms with Crippen LogP contribution in [0.2, 0.25) is 0 Å². The van der Waals surface area contributed by atoms with Gasteiger partial charge in [-0.05, 0) is 44.6 Å². The summed E-state index contributed by atoms with van der Waals surface area (Å²) in [6.45, 7) is 8.71. The lowest BCUT2D eigenvalue weighted by atomic mass is 10.1. The highest BCUT2D eigenvalue weighted by Gasteiger charge is 2.27. The Morgan fingerprint density at radius 2 is 2.00 bits per heavy atom. The molecule has 0 radical (unpaired) electrons. The summed E-state index contributed by atoms with van der Waals surface area (Å²) in [5.74, 6) is -0.122. The number of hydrogen-bond donors (Lipinski definition) is 0. The summed E-state index contributed by atoms with van der Waals surface area (Å²) in [7, 11) is 0. The van der Waals surface area contributed by atoms with E-state index in [0.29, 0.717) is 6.54 Å². The van der Waals surface area contributed by atoms with E-state index in [9.17, 15) is 9.18 Å². The summed E-state index contributed by atoms with van der Waals surface area (Å²) < 4.78 is 14.7. The highest BCUT2D eigenvalue weighted by atomic mass is 19.1. The number of hydrogen-bond acceptors (Lipinski definition) is 5. The normalized spacial score (nSPS) is 24.9. The largest absolute Gasteiger partial charge is 0.367 e. The Kier molecular flexibility index (Phi) is 6.38. The van der Waals surface area contributed by atoms with Crippen LogP contribution in [0.1, 0.15) is 30.9 Å². The molecular weight excluding hydrogens is 443 g/mol. The van der Waals surface area contributed by atoms with Crippen molar-refractivity contribution in [3.63, 3.8) is 0 Å². The molecule has 0 aromatic carbocycles. The fourth-order valence-corrected chi connectivity index (χ4v) is 4.93. The van der Waals surface area contributed by atoms with Crippen molar-refractivity contribution >= 4 is 17.0 Å². The summed E-state index contributed by atoms with van der Waals surface area (Å²) in [4.78, 5) is 24.1. The average molecular weight is 475 g/mol. The molecule has 0 bridgehead atoms. The fraction of sp³-hybridized carbons (Fsp3) is 0.370. The molecule has 0 spiro atoms. The number of nitrogens with zero attached hydrogens (tertiary/aromatic N) is 6. The van der Waals surface area contributed by atoms with Gasteiger partial charge in [0.1, 0.15) is 6.67 Å². The van der Waals surface area contributed by atoms with Crippen molar-refractivity contribution in [2.24, 2.45) is 0 Å². The van der Waals surface area contributed by atoms with E-state index >= 15 is 0 Å². The monoisotopic (exact) mass is 474 g/mol. The Morgan fingerprint density at radius 3 is 2.77 bits per heavy atom. The smallest absolute Gasteiger partial charge is 0.255 e. The number of aryl methyl sites for hydroxylation is 2. The van der Waals surface area contributed by atoms with E-state index in [1.165, 1.54) is 0 Å².